The number of anilines is 1. The van der Waals surface area contributed by atoms with Gasteiger partial charge in [0.05, 0.1) is 19.3 Å². The van der Waals surface area contributed by atoms with Crippen molar-refractivity contribution >= 4 is 28.5 Å². The highest BCUT2D eigenvalue weighted by molar-refractivity contribution is 6.31. The van der Waals surface area contributed by atoms with Crippen molar-refractivity contribution in [3.05, 3.63) is 57.7 Å². The van der Waals surface area contributed by atoms with Crippen LogP contribution in [0.25, 0.3) is 16.6 Å². The first kappa shape index (κ1) is 17.9. The summed E-state index contributed by atoms with van der Waals surface area (Å²) in [6, 6.07) is 6.73. The van der Waals surface area contributed by atoms with Crippen molar-refractivity contribution in [2.24, 2.45) is 0 Å². The first-order chi connectivity index (χ1) is 13.5. The Morgan fingerprint density at radius 3 is 2.93 bits per heavy atom. The summed E-state index contributed by atoms with van der Waals surface area (Å²) < 4.78 is 6.69. The van der Waals surface area contributed by atoms with Gasteiger partial charge in [0.15, 0.2) is 0 Å². The maximum atomic E-state index is 12.5. The lowest BCUT2D eigenvalue weighted by molar-refractivity contribution is 0.394. The van der Waals surface area contributed by atoms with Crippen LogP contribution in [0.4, 0.5) is 5.95 Å². The molecule has 3 aromatic heterocycles. The second-order valence-electron chi connectivity index (χ2n) is 5.99. The van der Waals surface area contributed by atoms with E-state index in [1.807, 2.05) is 6.92 Å². The molecular weight excluding hydrogens is 384 g/mol. The number of fused-ring (bicyclic) bond motifs is 1. The van der Waals surface area contributed by atoms with Gasteiger partial charge in [-0.25, -0.2) is 4.98 Å². The predicted molar refractivity (Wildman–Crippen MR) is 103 cm³/mol. The summed E-state index contributed by atoms with van der Waals surface area (Å²) in [6.45, 7) is 1.84. The first-order valence-corrected chi connectivity index (χ1v) is 8.66. The minimum Gasteiger partial charge on any atom is -0.479 e. The van der Waals surface area contributed by atoms with Gasteiger partial charge >= 0.3 is 0 Å². The molecule has 142 valence electrons. The van der Waals surface area contributed by atoms with Gasteiger partial charge in [-0.1, -0.05) is 11.6 Å². The zero-order valence-corrected chi connectivity index (χ0v) is 15.7. The van der Waals surface area contributed by atoms with Gasteiger partial charge < -0.3 is 15.0 Å². The highest BCUT2D eigenvalue weighted by atomic mass is 35.5. The van der Waals surface area contributed by atoms with Gasteiger partial charge in [0.1, 0.15) is 12.0 Å². The molecule has 0 radical (unpaired) electrons. The highest BCUT2D eigenvalue weighted by Gasteiger charge is 2.15. The lowest BCUT2D eigenvalue weighted by Crippen LogP contribution is -2.20. The van der Waals surface area contributed by atoms with Crippen molar-refractivity contribution < 1.29 is 4.74 Å². The van der Waals surface area contributed by atoms with Crippen LogP contribution in [-0.4, -0.2) is 42.3 Å². The maximum absolute atomic E-state index is 12.5. The number of nitrogens with one attached hydrogen (secondary N) is 2. The van der Waals surface area contributed by atoms with E-state index in [9.17, 15) is 4.79 Å². The molecule has 10 nitrogen and oxygen atoms in total. The van der Waals surface area contributed by atoms with E-state index in [2.05, 4.69) is 35.8 Å². The monoisotopic (exact) mass is 398 g/mol. The predicted octanol–water partition coefficient (Wildman–Crippen LogP) is 2.13. The van der Waals surface area contributed by atoms with Crippen LogP contribution in [0.2, 0.25) is 5.02 Å². The van der Waals surface area contributed by atoms with E-state index >= 15 is 0 Å². The molecule has 0 aliphatic carbocycles. The van der Waals surface area contributed by atoms with E-state index in [-0.39, 0.29) is 17.5 Å². The summed E-state index contributed by atoms with van der Waals surface area (Å²) in [5.41, 5.74) is 1.53. The van der Waals surface area contributed by atoms with Crippen molar-refractivity contribution in [3.8, 4) is 11.6 Å². The van der Waals surface area contributed by atoms with Crippen LogP contribution in [0, 0.1) is 0 Å². The van der Waals surface area contributed by atoms with Gasteiger partial charge in [-0.05, 0) is 41.6 Å². The number of hydrogen-bond acceptors (Lipinski definition) is 8. The summed E-state index contributed by atoms with van der Waals surface area (Å²) in [6.07, 6.45) is 2.94. The lowest BCUT2D eigenvalue weighted by Gasteiger charge is -2.15. The van der Waals surface area contributed by atoms with E-state index in [1.54, 1.807) is 24.3 Å². The Kier molecular flexibility index (Phi) is 4.62. The zero-order valence-electron chi connectivity index (χ0n) is 14.9. The minimum absolute atomic E-state index is 0.202. The summed E-state index contributed by atoms with van der Waals surface area (Å²) >= 11 is 6.05. The fraction of sp³-hybridized carbons (Fsp3) is 0.176. The summed E-state index contributed by atoms with van der Waals surface area (Å²) in [5.74, 6) is 0.586. The number of ether oxygens (including phenoxy) is 1. The Hall–Kier alpha value is -3.53. The number of methoxy groups -OCH3 is 1. The number of pyridine rings is 1. The SMILES string of the molecule is COc1nc(N[C@@H](C)c2cc3cc(Cl)ccc3[nH]c2=O)ncc1-n1cnnn1. The Morgan fingerprint density at radius 2 is 2.18 bits per heavy atom. The fourth-order valence-electron chi connectivity index (χ4n) is 2.80. The third-order valence-corrected chi connectivity index (χ3v) is 4.41. The molecule has 0 aliphatic rings. The van der Waals surface area contributed by atoms with Crippen molar-refractivity contribution in [1.29, 1.82) is 0 Å². The largest absolute Gasteiger partial charge is 0.479 e. The smallest absolute Gasteiger partial charge is 0.253 e. The van der Waals surface area contributed by atoms with Crippen LogP contribution in [0.15, 0.2) is 41.6 Å². The molecule has 11 heteroatoms. The second kappa shape index (κ2) is 7.24. The van der Waals surface area contributed by atoms with Crippen LogP contribution >= 0.6 is 11.6 Å². The minimum atomic E-state index is -0.365. The molecule has 28 heavy (non-hydrogen) atoms. The molecule has 0 aliphatic heterocycles. The molecule has 4 rings (SSSR count). The Labute approximate surface area is 163 Å². The molecule has 1 atom stereocenters. The third-order valence-electron chi connectivity index (χ3n) is 4.17. The molecular formula is C17H15ClN8O2. The standard InChI is InChI=1S/C17H15ClN8O2/c1-9(12-6-10-5-11(18)3-4-13(10)22-15(12)27)21-17-19-7-14(16(23-17)28-2)26-8-20-24-25-26/h3-9H,1-2H3,(H,22,27)(H,19,21,23)/t9-/m0/s1. The quantitative estimate of drug-likeness (QED) is 0.524. The van der Waals surface area contributed by atoms with Gasteiger partial charge in [0.2, 0.25) is 11.8 Å². The van der Waals surface area contributed by atoms with Crippen LogP contribution < -0.4 is 15.6 Å². The summed E-state index contributed by atoms with van der Waals surface area (Å²) in [7, 11) is 1.49. The average Bonchev–Trinajstić information content (AvgIpc) is 3.22. The van der Waals surface area contributed by atoms with Gasteiger partial charge in [-0.2, -0.15) is 9.67 Å². The summed E-state index contributed by atoms with van der Waals surface area (Å²) in [4.78, 5) is 23.9. The highest BCUT2D eigenvalue weighted by Crippen LogP contribution is 2.23. The van der Waals surface area contributed by atoms with Crippen molar-refractivity contribution in [2.75, 3.05) is 12.4 Å². The van der Waals surface area contributed by atoms with Gasteiger partial charge in [-0.3, -0.25) is 4.79 Å². The number of aromatic nitrogens is 7. The van der Waals surface area contributed by atoms with Gasteiger partial charge in [-0.15, -0.1) is 5.10 Å². The molecule has 0 saturated carbocycles. The van der Waals surface area contributed by atoms with E-state index in [1.165, 1.54) is 24.3 Å². The lowest BCUT2D eigenvalue weighted by atomic mass is 10.1. The van der Waals surface area contributed by atoms with Crippen LogP contribution in [0.3, 0.4) is 0 Å². The maximum Gasteiger partial charge on any atom is 0.253 e. The molecule has 3 heterocycles. The van der Waals surface area contributed by atoms with Crippen LogP contribution in [-0.2, 0) is 0 Å². The number of halogens is 1. The van der Waals surface area contributed by atoms with Crippen LogP contribution in [0.1, 0.15) is 18.5 Å². The number of rotatable bonds is 5. The number of hydrogen-bond donors (Lipinski definition) is 2. The van der Waals surface area contributed by atoms with E-state index in [4.69, 9.17) is 16.3 Å². The Balaban J connectivity index is 1.65. The van der Waals surface area contributed by atoms with E-state index < -0.39 is 0 Å². The van der Waals surface area contributed by atoms with Crippen molar-refractivity contribution in [3.63, 3.8) is 0 Å². The first-order valence-electron chi connectivity index (χ1n) is 8.28. The normalized spacial score (nSPS) is 12.1. The fourth-order valence-corrected chi connectivity index (χ4v) is 2.98. The zero-order chi connectivity index (χ0) is 19.7. The third kappa shape index (κ3) is 3.37. The van der Waals surface area contributed by atoms with E-state index in [0.29, 0.717) is 27.7 Å². The molecule has 0 saturated heterocycles. The van der Waals surface area contributed by atoms with Gasteiger partial charge in [0.25, 0.3) is 5.56 Å². The molecule has 0 fully saturated rings. The molecule has 0 amide bonds. The van der Waals surface area contributed by atoms with E-state index in [0.717, 1.165) is 5.39 Å². The number of benzene rings is 1. The van der Waals surface area contributed by atoms with Crippen LogP contribution in [0.5, 0.6) is 5.88 Å². The number of tetrazole rings is 1. The number of nitrogens with zero attached hydrogens (tertiary/aromatic N) is 6. The molecule has 0 spiro atoms. The number of H-pyrrole nitrogens is 1. The molecule has 0 unspecified atom stereocenters. The summed E-state index contributed by atoms with van der Waals surface area (Å²) in [5, 5.41) is 15.5. The molecule has 4 aromatic rings. The topological polar surface area (TPSA) is 123 Å². The molecule has 0 bridgehead atoms. The Bertz CT molecular complexity index is 1190. The average molecular weight is 399 g/mol. The number of aromatic amines is 1. The molecule has 1 aromatic carbocycles. The second-order valence-corrected chi connectivity index (χ2v) is 6.43. The Morgan fingerprint density at radius 1 is 1.32 bits per heavy atom. The van der Waals surface area contributed by atoms with Gasteiger partial charge in [0, 0.05) is 21.5 Å². The molecule has 2 N–H and O–H groups in total. The van der Waals surface area contributed by atoms with Crippen molar-refractivity contribution in [2.45, 2.75) is 13.0 Å². The van der Waals surface area contributed by atoms with Crippen molar-refractivity contribution in [1.82, 2.24) is 35.2 Å².